The summed E-state index contributed by atoms with van der Waals surface area (Å²) in [5, 5.41) is 6.67. The molecular formula is C21H11F4N7O. The Morgan fingerprint density at radius 1 is 1.00 bits per heavy atom. The Hall–Kier alpha value is -4.48. The van der Waals surface area contributed by atoms with E-state index < -0.39 is 23.1 Å². The van der Waals surface area contributed by atoms with Crippen LogP contribution in [0.4, 0.5) is 29.2 Å². The normalized spacial score (nSPS) is 11.8. The fourth-order valence-corrected chi connectivity index (χ4v) is 3.31. The van der Waals surface area contributed by atoms with Gasteiger partial charge in [-0.2, -0.15) is 17.7 Å². The minimum Gasteiger partial charge on any atom is -0.318 e. The van der Waals surface area contributed by atoms with E-state index in [4.69, 9.17) is 0 Å². The molecule has 0 aliphatic rings. The van der Waals surface area contributed by atoms with Crippen LogP contribution in [-0.4, -0.2) is 29.5 Å². The maximum atomic E-state index is 13.8. The molecule has 0 unspecified atom stereocenters. The van der Waals surface area contributed by atoms with Crippen molar-refractivity contribution in [2.75, 3.05) is 5.32 Å². The van der Waals surface area contributed by atoms with Gasteiger partial charge in [0.1, 0.15) is 11.5 Å². The maximum Gasteiger partial charge on any atom is 0.417 e. The lowest BCUT2D eigenvalue weighted by molar-refractivity contribution is -0.136. The number of alkyl halides is 3. The highest BCUT2D eigenvalue weighted by Gasteiger charge is 2.34. The van der Waals surface area contributed by atoms with Crippen molar-refractivity contribution in [2.45, 2.75) is 6.18 Å². The Kier molecular flexibility index (Phi) is 4.69. The largest absolute Gasteiger partial charge is 0.417 e. The fraction of sp³-hybridized carbons (Fsp3) is 0.0476. The molecule has 0 aliphatic heterocycles. The molecule has 0 saturated carbocycles. The molecule has 0 bridgehead atoms. The summed E-state index contributed by atoms with van der Waals surface area (Å²) in [7, 11) is 0. The van der Waals surface area contributed by atoms with Crippen LogP contribution in [-0.2, 0) is 6.18 Å². The molecule has 0 fully saturated rings. The fourth-order valence-electron chi connectivity index (χ4n) is 3.31. The van der Waals surface area contributed by atoms with Crippen LogP contribution in [0.1, 0.15) is 5.56 Å². The zero-order chi connectivity index (χ0) is 23.2. The first-order valence-corrected chi connectivity index (χ1v) is 9.41. The first-order chi connectivity index (χ1) is 15.8. The Morgan fingerprint density at radius 2 is 1.82 bits per heavy atom. The number of hydrogen-bond acceptors (Lipinski definition) is 7. The van der Waals surface area contributed by atoms with Gasteiger partial charge < -0.3 is 5.32 Å². The summed E-state index contributed by atoms with van der Waals surface area (Å²) in [5.74, 6) is -0.687. The van der Waals surface area contributed by atoms with E-state index in [-0.39, 0.29) is 39.6 Å². The molecule has 0 saturated heterocycles. The maximum absolute atomic E-state index is 13.8. The lowest BCUT2D eigenvalue weighted by Crippen LogP contribution is -2.13. The molecule has 0 spiro atoms. The summed E-state index contributed by atoms with van der Waals surface area (Å²) in [6.07, 6.45) is -0.998. The minimum absolute atomic E-state index is 0.0268. The summed E-state index contributed by atoms with van der Waals surface area (Å²) in [6.45, 7) is 0. The van der Waals surface area contributed by atoms with Crippen LogP contribution < -0.4 is 10.9 Å². The average molecular weight is 453 g/mol. The summed E-state index contributed by atoms with van der Waals surface area (Å²) >= 11 is 0. The Bertz CT molecular complexity index is 1580. The molecule has 5 aromatic rings. The number of halogens is 4. The predicted molar refractivity (Wildman–Crippen MR) is 110 cm³/mol. The molecule has 0 atom stereocenters. The van der Waals surface area contributed by atoms with Gasteiger partial charge in [-0.05, 0) is 24.3 Å². The second kappa shape index (κ2) is 7.58. The lowest BCUT2D eigenvalue weighted by Gasteiger charge is -2.12. The van der Waals surface area contributed by atoms with Crippen LogP contribution in [0.5, 0.6) is 0 Å². The highest BCUT2D eigenvalue weighted by molar-refractivity contribution is 5.96. The van der Waals surface area contributed by atoms with Gasteiger partial charge in [0.25, 0.3) is 5.56 Å². The number of fused-ring (bicyclic) bond motifs is 3. The highest BCUT2D eigenvalue weighted by Crippen LogP contribution is 2.37. The molecule has 1 N–H and O–H groups in total. The topological polar surface area (TPSA) is 98.0 Å². The van der Waals surface area contributed by atoms with Gasteiger partial charge in [-0.1, -0.05) is 18.2 Å². The van der Waals surface area contributed by atoms with Crippen molar-refractivity contribution in [1.82, 2.24) is 29.5 Å². The van der Waals surface area contributed by atoms with Crippen LogP contribution in [0.15, 0.2) is 65.8 Å². The van der Waals surface area contributed by atoms with Crippen LogP contribution in [0.3, 0.4) is 0 Å². The summed E-state index contributed by atoms with van der Waals surface area (Å²) in [6, 6.07) is 8.83. The van der Waals surface area contributed by atoms with E-state index in [1.165, 1.54) is 48.9 Å². The third-order valence-corrected chi connectivity index (χ3v) is 4.71. The van der Waals surface area contributed by atoms with E-state index in [1.54, 1.807) is 0 Å². The van der Waals surface area contributed by atoms with Crippen molar-refractivity contribution < 1.29 is 17.6 Å². The molecule has 164 valence electrons. The summed E-state index contributed by atoms with van der Waals surface area (Å²) in [5.41, 5.74) is -1.67. The monoisotopic (exact) mass is 453 g/mol. The Balaban J connectivity index is 1.83. The Morgan fingerprint density at radius 3 is 2.61 bits per heavy atom. The molecule has 33 heavy (non-hydrogen) atoms. The van der Waals surface area contributed by atoms with Gasteiger partial charge in [-0.3, -0.25) is 9.78 Å². The molecule has 12 heteroatoms. The molecule has 8 nitrogen and oxygen atoms in total. The van der Waals surface area contributed by atoms with Crippen molar-refractivity contribution in [2.24, 2.45) is 0 Å². The number of nitrogens with one attached hydrogen (secondary N) is 1. The quantitative estimate of drug-likeness (QED) is 0.413. The molecule has 5 rings (SSSR count). The average Bonchev–Trinajstić information content (AvgIpc) is 3.13. The van der Waals surface area contributed by atoms with Crippen LogP contribution in [0, 0.1) is 5.82 Å². The first-order valence-electron chi connectivity index (χ1n) is 9.41. The van der Waals surface area contributed by atoms with Gasteiger partial charge in [0, 0.05) is 18.0 Å². The van der Waals surface area contributed by atoms with Crippen molar-refractivity contribution in [3.63, 3.8) is 0 Å². The molecular weight excluding hydrogens is 442 g/mol. The van der Waals surface area contributed by atoms with Gasteiger partial charge in [-0.15, -0.1) is 5.10 Å². The van der Waals surface area contributed by atoms with Crippen LogP contribution in [0.25, 0.3) is 27.9 Å². The number of hydrogen-bond donors (Lipinski definition) is 1. The first kappa shape index (κ1) is 20.4. The smallest absolute Gasteiger partial charge is 0.318 e. The molecule has 3 aromatic heterocycles. The highest BCUT2D eigenvalue weighted by atomic mass is 19.4. The molecule has 0 aliphatic carbocycles. The summed E-state index contributed by atoms with van der Waals surface area (Å²) < 4.78 is 56.1. The van der Waals surface area contributed by atoms with E-state index in [2.05, 4.69) is 30.4 Å². The van der Waals surface area contributed by atoms with Crippen molar-refractivity contribution in [1.29, 1.82) is 0 Å². The Labute approximate surface area is 181 Å². The van der Waals surface area contributed by atoms with Gasteiger partial charge in [0.2, 0.25) is 5.95 Å². The van der Waals surface area contributed by atoms with Crippen molar-refractivity contribution in [3.05, 3.63) is 82.8 Å². The summed E-state index contributed by atoms with van der Waals surface area (Å²) in [4.78, 5) is 28.2. The van der Waals surface area contributed by atoms with Gasteiger partial charge in [0.05, 0.1) is 22.7 Å². The third-order valence-electron chi connectivity index (χ3n) is 4.71. The van der Waals surface area contributed by atoms with E-state index >= 15 is 0 Å². The standard InChI is InChI=1S/C21H11F4N7O/c22-12-4-1-3-11(9-12)17-30-18-16-13(21(23,24)25)5-2-6-14(16)28-20(32(18)31-17)29-15-10-26-7-8-27-19(15)33/h1-10H,(H,27,28,29,33). The number of anilines is 2. The van der Waals surface area contributed by atoms with E-state index in [9.17, 15) is 22.4 Å². The molecule has 2 aromatic carbocycles. The zero-order valence-corrected chi connectivity index (χ0v) is 16.4. The van der Waals surface area contributed by atoms with E-state index in [1.807, 2.05) is 0 Å². The van der Waals surface area contributed by atoms with E-state index in [0.717, 1.165) is 16.6 Å². The lowest BCUT2D eigenvalue weighted by atomic mass is 10.1. The third kappa shape index (κ3) is 3.71. The SMILES string of the molecule is O=c1nccncc1Nc1nc2cccc(C(F)(F)F)c2c2nc(-c3cccc(F)c3)nn12. The number of nitrogens with zero attached hydrogens (tertiary/aromatic N) is 6. The second-order valence-electron chi connectivity index (χ2n) is 6.86. The van der Waals surface area contributed by atoms with Crippen LogP contribution >= 0.6 is 0 Å². The van der Waals surface area contributed by atoms with Gasteiger partial charge >= 0.3 is 6.18 Å². The number of rotatable bonds is 3. The minimum atomic E-state index is -4.69. The van der Waals surface area contributed by atoms with Crippen LogP contribution in [0.2, 0.25) is 0 Å². The molecule has 0 amide bonds. The number of benzene rings is 2. The number of aromatic nitrogens is 6. The molecule has 0 radical (unpaired) electrons. The second-order valence-corrected chi connectivity index (χ2v) is 6.86. The molecule has 3 heterocycles. The zero-order valence-electron chi connectivity index (χ0n) is 16.4. The van der Waals surface area contributed by atoms with E-state index in [0.29, 0.717) is 0 Å². The van der Waals surface area contributed by atoms with Crippen molar-refractivity contribution in [3.8, 4) is 11.4 Å². The van der Waals surface area contributed by atoms with Gasteiger partial charge in [-0.25, -0.2) is 19.3 Å². The van der Waals surface area contributed by atoms with Gasteiger partial charge in [0.15, 0.2) is 11.5 Å². The predicted octanol–water partition coefficient (Wildman–Crippen LogP) is 4.00. The van der Waals surface area contributed by atoms with Crippen molar-refractivity contribution >= 4 is 28.2 Å².